The number of hydrogen-bond acceptors (Lipinski definition) is 5. The summed E-state index contributed by atoms with van der Waals surface area (Å²) < 4.78 is 0.957. The molecule has 138 valence electrons. The molecule has 1 heterocycles. The fourth-order valence-corrected chi connectivity index (χ4v) is 3.35. The summed E-state index contributed by atoms with van der Waals surface area (Å²) in [6.45, 7) is 0. The number of hydrogen-bond donors (Lipinski definition) is 3. The van der Waals surface area contributed by atoms with E-state index in [0.29, 0.717) is 11.4 Å². The maximum absolute atomic E-state index is 11.3. The van der Waals surface area contributed by atoms with Crippen molar-refractivity contribution in [3.63, 3.8) is 0 Å². The molecule has 4 aromatic rings. The van der Waals surface area contributed by atoms with Crippen LogP contribution in [0.15, 0.2) is 71.2 Å². The number of anilines is 3. The fourth-order valence-electron chi connectivity index (χ4n) is 2.95. The van der Waals surface area contributed by atoms with Gasteiger partial charge in [0.15, 0.2) is 0 Å². The second-order valence-corrected chi connectivity index (χ2v) is 7.15. The van der Waals surface area contributed by atoms with Crippen molar-refractivity contribution in [3.05, 3.63) is 76.8 Å². The van der Waals surface area contributed by atoms with Crippen LogP contribution < -0.4 is 16.8 Å². The van der Waals surface area contributed by atoms with Crippen LogP contribution in [0.4, 0.5) is 17.5 Å². The van der Waals surface area contributed by atoms with E-state index in [1.807, 2.05) is 54.6 Å². The van der Waals surface area contributed by atoms with E-state index >= 15 is 0 Å². The molecule has 28 heavy (non-hydrogen) atoms. The number of nitrogen functional groups attached to an aromatic ring is 1. The Kier molecular flexibility index (Phi) is 4.67. The molecule has 4 rings (SSSR count). The third-order valence-electron chi connectivity index (χ3n) is 4.30. The summed E-state index contributed by atoms with van der Waals surface area (Å²) in [7, 11) is 0. The molecule has 0 unspecified atom stereocenters. The highest BCUT2D eigenvalue weighted by Crippen LogP contribution is 2.30. The van der Waals surface area contributed by atoms with E-state index in [1.54, 1.807) is 12.1 Å². The van der Waals surface area contributed by atoms with Gasteiger partial charge in [-0.3, -0.25) is 4.79 Å². The number of rotatable bonds is 4. The van der Waals surface area contributed by atoms with Crippen molar-refractivity contribution in [1.82, 2.24) is 9.97 Å². The van der Waals surface area contributed by atoms with Gasteiger partial charge in [0, 0.05) is 21.1 Å². The molecule has 6 nitrogen and oxygen atoms in total. The van der Waals surface area contributed by atoms with Crippen LogP contribution in [0.2, 0.25) is 0 Å². The van der Waals surface area contributed by atoms with Gasteiger partial charge in [0.2, 0.25) is 11.9 Å². The molecular formula is C21H16BrN5O. The molecule has 0 saturated carbocycles. The lowest BCUT2D eigenvalue weighted by molar-refractivity contribution is 0.100. The minimum absolute atomic E-state index is 0.198. The summed E-state index contributed by atoms with van der Waals surface area (Å²) in [5.74, 6) is 0.370. The van der Waals surface area contributed by atoms with Crippen LogP contribution in [0, 0.1) is 0 Å². The standard InChI is InChI=1S/C21H16BrN5O/c22-15-2-1-3-16(11-15)25-20-17-10-14(8-9-18(17)26-21(24)27-20)12-4-6-13(7-5-12)19(23)28/h1-11H,(H2,23,28)(H3,24,25,26,27). The third-order valence-corrected chi connectivity index (χ3v) is 4.80. The van der Waals surface area contributed by atoms with Crippen molar-refractivity contribution in [2.24, 2.45) is 5.73 Å². The molecule has 3 aromatic carbocycles. The first-order chi connectivity index (χ1) is 13.5. The summed E-state index contributed by atoms with van der Waals surface area (Å²) in [6, 6.07) is 20.8. The van der Waals surface area contributed by atoms with Gasteiger partial charge in [-0.2, -0.15) is 4.98 Å². The van der Waals surface area contributed by atoms with Crippen LogP contribution in [0.1, 0.15) is 10.4 Å². The molecule has 5 N–H and O–H groups in total. The Morgan fingerprint density at radius 1 is 0.929 bits per heavy atom. The summed E-state index contributed by atoms with van der Waals surface area (Å²) in [5.41, 5.74) is 15.2. The molecule has 0 radical (unpaired) electrons. The average molecular weight is 434 g/mol. The largest absolute Gasteiger partial charge is 0.368 e. The van der Waals surface area contributed by atoms with E-state index < -0.39 is 5.91 Å². The van der Waals surface area contributed by atoms with Gasteiger partial charge < -0.3 is 16.8 Å². The Balaban J connectivity index is 1.79. The number of aromatic nitrogens is 2. The van der Waals surface area contributed by atoms with Crippen molar-refractivity contribution >= 4 is 50.2 Å². The van der Waals surface area contributed by atoms with E-state index in [9.17, 15) is 4.79 Å². The second-order valence-electron chi connectivity index (χ2n) is 6.24. The lowest BCUT2D eigenvalue weighted by Gasteiger charge is -2.11. The molecular weight excluding hydrogens is 418 g/mol. The van der Waals surface area contributed by atoms with Gasteiger partial charge in [0.25, 0.3) is 0 Å². The van der Waals surface area contributed by atoms with Crippen molar-refractivity contribution < 1.29 is 4.79 Å². The Morgan fingerprint density at radius 2 is 1.68 bits per heavy atom. The third kappa shape index (κ3) is 3.65. The van der Waals surface area contributed by atoms with Crippen LogP contribution in [0.5, 0.6) is 0 Å². The quantitative estimate of drug-likeness (QED) is 0.439. The van der Waals surface area contributed by atoms with Crippen molar-refractivity contribution in [3.8, 4) is 11.1 Å². The van der Waals surface area contributed by atoms with Gasteiger partial charge in [0.05, 0.1) is 5.52 Å². The minimum Gasteiger partial charge on any atom is -0.368 e. The minimum atomic E-state index is -0.450. The number of fused-ring (bicyclic) bond motifs is 1. The zero-order chi connectivity index (χ0) is 19.7. The van der Waals surface area contributed by atoms with E-state index in [1.165, 1.54) is 0 Å². The summed E-state index contributed by atoms with van der Waals surface area (Å²) in [5, 5.41) is 4.15. The molecule has 0 atom stereocenters. The van der Waals surface area contributed by atoms with Crippen molar-refractivity contribution in [1.29, 1.82) is 0 Å². The number of nitrogens with two attached hydrogens (primary N) is 2. The van der Waals surface area contributed by atoms with Gasteiger partial charge in [-0.15, -0.1) is 0 Å². The first kappa shape index (κ1) is 17.9. The average Bonchev–Trinajstić information content (AvgIpc) is 2.68. The first-order valence-corrected chi connectivity index (χ1v) is 9.29. The predicted molar refractivity (Wildman–Crippen MR) is 115 cm³/mol. The molecule has 1 aromatic heterocycles. The zero-order valence-corrected chi connectivity index (χ0v) is 16.3. The number of nitrogens with zero attached hydrogens (tertiary/aromatic N) is 2. The van der Waals surface area contributed by atoms with E-state index in [4.69, 9.17) is 11.5 Å². The highest BCUT2D eigenvalue weighted by Gasteiger charge is 2.10. The summed E-state index contributed by atoms with van der Waals surface area (Å²) in [6.07, 6.45) is 0. The maximum atomic E-state index is 11.3. The molecule has 7 heteroatoms. The lowest BCUT2D eigenvalue weighted by Crippen LogP contribution is -2.10. The number of carbonyl (C=O) groups is 1. The normalized spacial score (nSPS) is 10.8. The topological polar surface area (TPSA) is 107 Å². The Morgan fingerprint density at radius 3 is 2.39 bits per heavy atom. The summed E-state index contributed by atoms with van der Waals surface area (Å²) in [4.78, 5) is 20.0. The van der Waals surface area contributed by atoms with Crippen molar-refractivity contribution in [2.75, 3.05) is 11.1 Å². The second kappa shape index (κ2) is 7.28. The number of benzene rings is 3. The van der Waals surface area contributed by atoms with Crippen molar-refractivity contribution in [2.45, 2.75) is 0 Å². The predicted octanol–water partition coefficient (Wildman–Crippen LogP) is 4.48. The number of nitrogens with one attached hydrogen (secondary N) is 1. The molecule has 0 saturated heterocycles. The lowest BCUT2D eigenvalue weighted by atomic mass is 10.0. The molecule has 0 bridgehead atoms. The number of halogens is 1. The van der Waals surface area contributed by atoms with E-state index in [-0.39, 0.29) is 5.95 Å². The molecule has 0 aliphatic carbocycles. The van der Waals surface area contributed by atoms with Crippen LogP contribution >= 0.6 is 15.9 Å². The molecule has 0 aliphatic heterocycles. The van der Waals surface area contributed by atoms with Crippen LogP contribution in [0.3, 0.4) is 0 Å². The monoisotopic (exact) mass is 433 g/mol. The van der Waals surface area contributed by atoms with Crippen LogP contribution in [-0.4, -0.2) is 15.9 Å². The molecule has 0 fully saturated rings. The van der Waals surface area contributed by atoms with Gasteiger partial charge in [-0.1, -0.05) is 40.2 Å². The van der Waals surface area contributed by atoms with E-state index in [2.05, 4.69) is 31.2 Å². The highest BCUT2D eigenvalue weighted by atomic mass is 79.9. The molecule has 0 aliphatic rings. The Labute approximate surface area is 169 Å². The van der Waals surface area contributed by atoms with Gasteiger partial charge in [-0.05, 0) is 53.6 Å². The number of amides is 1. The number of primary amides is 1. The van der Waals surface area contributed by atoms with Gasteiger partial charge in [0.1, 0.15) is 5.82 Å². The SMILES string of the molecule is NC(=O)c1ccc(-c2ccc3nc(N)nc(Nc4cccc(Br)c4)c3c2)cc1. The number of carbonyl (C=O) groups excluding carboxylic acids is 1. The highest BCUT2D eigenvalue weighted by molar-refractivity contribution is 9.10. The molecule has 0 spiro atoms. The first-order valence-electron chi connectivity index (χ1n) is 8.50. The van der Waals surface area contributed by atoms with Crippen LogP contribution in [0.25, 0.3) is 22.0 Å². The van der Waals surface area contributed by atoms with Crippen LogP contribution in [-0.2, 0) is 0 Å². The zero-order valence-electron chi connectivity index (χ0n) is 14.7. The molecule has 1 amide bonds. The fraction of sp³-hybridized carbons (Fsp3) is 0. The summed E-state index contributed by atoms with van der Waals surface area (Å²) >= 11 is 3.47. The van der Waals surface area contributed by atoms with Gasteiger partial charge >= 0.3 is 0 Å². The van der Waals surface area contributed by atoms with E-state index in [0.717, 1.165) is 32.2 Å². The smallest absolute Gasteiger partial charge is 0.248 e. The Bertz CT molecular complexity index is 1190. The van der Waals surface area contributed by atoms with Gasteiger partial charge in [-0.25, -0.2) is 4.98 Å². The Hall–Kier alpha value is -3.45. The maximum Gasteiger partial charge on any atom is 0.248 e.